The zero-order chi connectivity index (χ0) is 7.40. The van der Waals surface area contributed by atoms with Crippen molar-refractivity contribution < 1.29 is 5.11 Å². The first-order valence-electron chi connectivity index (χ1n) is 2.90. The van der Waals surface area contributed by atoms with Crippen LogP contribution in [0.25, 0.3) is 5.03 Å². The lowest BCUT2D eigenvalue weighted by Crippen LogP contribution is -1.73. The van der Waals surface area contributed by atoms with Gasteiger partial charge < -0.3 is 5.11 Å². The third kappa shape index (κ3) is 1.52. The van der Waals surface area contributed by atoms with Crippen LogP contribution in [0.15, 0.2) is 36.6 Å². The van der Waals surface area contributed by atoms with E-state index in [4.69, 9.17) is 16.7 Å². The molecule has 1 aromatic rings. The number of benzene rings is 1. The molecule has 0 amide bonds. The Morgan fingerprint density at radius 1 is 1.30 bits per heavy atom. The van der Waals surface area contributed by atoms with Gasteiger partial charge >= 0.3 is 0 Å². The van der Waals surface area contributed by atoms with Gasteiger partial charge in [0.25, 0.3) is 0 Å². The van der Waals surface area contributed by atoms with Crippen molar-refractivity contribution >= 4 is 16.6 Å². The molecule has 0 radical (unpaired) electrons. The summed E-state index contributed by atoms with van der Waals surface area (Å²) < 4.78 is 0. The Hall–Kier alpha value is -0.950. The van der Waals surface area contributed by atoms with Gasteiger partial charge in [0.2, 0.25) is 0 Å². The summed E-state index contributed by atoms with van der Waals surface area (Å²) in [6, 6.07) is 9.28. The third-order valence-corrected chi connectivity index (χ3v) is 1.48. The van der Waals surface area contributed by atoms with Gasteiger partial charge in [-0.1, -0.05) is 41.9 Å². The minimum Gasteiger partial charge on any atom is -0.514 e. The lowest BCUT2D eigenvalue weighted by Gasteiger charge is -1.93. The van der Waals surface area contributed by atoms with Gasteiger partial charge in [0.15, 0.2) is 0 Å². The van der Waals surface area contributed by atoms with Crippen molar-refractivity contribution in [1.29, 1.82) is 0 Å². The molecule has 1 nitrogen and oxygen atoms in total. The smallest absolute Gasteiger partial charge is 0.0984 e. The Bertz CT molecular complexity index is 228. The van der Waals surface area contributed by atoms with E-state index in [9.17, 15) is 0 Å². The molecule has 0 atom stereocenters. The van der Waals surface area contributed by atoms with Gasteiger partial charge in [0, 0.05) is 0 Å². The Kier molecular flexibility index (Phi) is 2.35. The number of aliphatic hydroxyl groups excluding tert-OH is 1. The van der Waals surface area contributed by atoms with Crippen molar-refractivity contribution in [2.75, 3.05) is 0 Å². The highest BCUT2D eigenvalue weighted by Crippen LogP contribution is 2.16. The molecular formula is C8H7ClO. The van der Waals surface area contributed by atoms with Crippen molar-refractivity contribution in [2.24, 2.45) is 0 Å². The monoisotopic (exact) mass is 154 g/mol. The number of halogens is 1. The summed E-state index contributed by atoms with van der Waals surface area (Å²) in [6.45, 7) is 0. The Morgan fingerprint density at radius 3 is 2.40 bits per heavy atom. The van der Waals surface area contributed by atoms with Crippen LogP contribution in [0, 0.1) is 0 Å². The number of hydrogen-bond acceptors (Lipinski definition) is 1. The van der Waals surface area contributed by atoms with Crippen LogP contribution in [0.5, 0.6) is 0 Å². The van der Waals surface area contributed by atoms with E-state index < -0.39 is 0 Å². The van der Waals surface area contributed by atoms with Crippen molar-refractivity contribution in [3.8, 4) is 0 Å². The molecule has 1 aromatic carbocycles. The number of hydrogen-bond donors (Lipinski definition) is 1. The van der Waals surface area contributed by atoms with E-state index >= 15 is 0 Å². The molecule has 0 bridgehead atoms. The van der Waals surface area contributed by atoms with E-state index in [2.05, 4.69) is 0 Å². The summed E-state index contributed by atoms with van der Waals surface area (Å²) in [5.41, 5.74) is 0.826. The topological polar surface area (TPSA) is 20.2 Å². The first-order valence-corrected chi connectivity index (χ1v) is 3.27. The fraction of sp³-hybridized carbons (Fsp3) is 0. The van der Waals surface area contributed by atoms with Crippen LogP contribution < -0.4 is 0 Å². The summed E-state index contributed by atoms with van der Waals surface area (Å²) in [7, 11) is 0. The lowest BCUT2D eigenvalue weighted by molar-refractivity contribution is 0.477. The van der Waals surface area contributed by atoms with Crippen molar-refractivity contribution in [3.63, 3.8) is 0 Å². The molecule has 0 unspecified atom stereocenters. The Labute approximate surface area is 64.6 Å². The minimum absolute atomic E-state index is 0.362. The summed E-state index contributed by atoms with van der Waals surface area (Å²) in [5.74, 6) is 0. The standard InChI is InChI=1S/C8H7ClO/c9-8(6-10)7-4-2-1-3-5-7/h1-6,10H/b8-6+. The molecule has 0 heterocycles. The molecule has 0 saturated heterocycles. The fourth-order valence-corrected chi connectivity index (χ4v) is 0.798. The fourth-order valence-electron chi connectivity index (χ4n) is 0.672. The molecule has 0 spiro atoms. The van der Waals surface area contributed by atoms with E-state index in [0.29, 0.717) is 5.03 Å². The maximum absolute atomic E-state index is 8.49. The molecule has 1 rings (SSSR count). The summed E-state index contributed by atoms with van der Waals surface area (Å²) in [6.07, 6.45) is 0.886. The molecule has 0 aliphatic rings. The minimum atomic E-state index is 0.362. The highest BCUT2D eigenvalue weighted by atomic mass is 35.5. The molecule has 2 heteroatoms. The second kappa shape index (κ2) is 3.28. The van der Waals surface area contributed by atoms with Crippen LogP contribution in [0.1, 0.15) is 5.56 Å². The quantitative estimate of drug-likeness (QED) is 0.617. The zero-order valence-electron chi connectivity index (χ0n) is 5.29. The van der Waals surface area contributed by atoms with Crippen LogP contribution >= 0.6 is 11.6 Å². The van der Waals surface area contributed by atoms with E-state index in [1.165, 1.54) is 0 Å². The van der Waals surface area contributed by atoms with Crippen LogP contribution in [-0.2, 0) is 0 Å². The molecule has 0 saturated carbocycles. The second-order valence-corrected chi connectivity index (χ2v) is 2.25. The van der Waals surface area contributed by atoms with Gasteiger partial charge in [-0.3, -0.25) is 0 Å². The summed E-state index contributed by atoms with van der Waals surface area (Å²) in [5, 5.41) is 8.86. The van der Waals surface area contributed by atoms with Gasteiger partial charge in [0.1, 0.15) is 0 Å². The third-order valence-electron chi connectivity index (χ3n) is 1.16. The second-order valence-electron chi connectivity index (χ2n) is 1.84. The number of rotatable bonds is 1. The van der Waals surface area contributed by atoms with Gasteiger partial charge in [-0.2, -0.15) is 0 Å². The van der Waals surface area contributed by atoms with Gasteiger partial charge in [-0.15, -0.1) is 0 Å². The molecule has 0 aliphatic heterocycles. The van der Waals surface area contributed by atoms with Crippen LogP contribution in [0.2, 0.25) is 0 Å². The average Bonchev–Trinajstić information content (AvgIpc) is 2.05. The molecule has 1 N–H and O–H groups in total. The largest absolute Gasteiger partial charge is 0.514 e. The molecule has 52 valence electrons. The molecule has 10 heavy (non-hydrogen) atoms. The lowest BCUT2D eigenvalue weighted by atomic mass is 10.2. The van der Waals surface area contributed by atoms with Crippen LogP contribution in [-0.4, -0.2) is 5.11 Å². The Balaban J connectivity index is 2.96. The van der Waals surface area contributed by atoms with E-state index in [0.717, 1.165) is 11.8 Å². The predicted octanol–water partition coefficient (Wildman–Crippen LogP) is 2.78. The molecular weight excluding hydrogens is 148 g/mol. The highest BCUT2D eigenvalue weighted by molar-refractivity contribution is 6.48. The maximum atomic E-state index is 8.49. The first-order chi connectivity index (χ1) is 4.84. The maximum Gasteiger partial charge on any atom is 0.0984 e. The van der Waals surface area contributed by atoms with Gasteiger partial charge in [-0.25, -0.2) is 0 Å². The van der Waals surface area contributed by atoms with E-state index in [1.807, 2.05) is 30.3 Å². The molecule has 0 aromatic heterocycles. The first kappa shape index (κ1) is 7.16. The number of aliphatic hydroxyl groups is 1. The summed E-state index contributed by atoms with van der Waals surface area (Å²) in [4.78, 5) is 0. The van der Waals surface area contributed by atoms with Crippen molar-refractivity contribution in [3.05, 3.63) is 42.2 Å². The van der Waals surface area contributed by atoms with E-state index in [-0.39, 0.29) is 0 Å². The molecule has 0 fully saturated rings. The molecule has 0 aliphatic carbocycles. The van der Waals surface area contributed by atoms with Crippen molar-refractivity contribution in [2.45, 2.75) is 0 Å². The Morgan fingerprint density at radius 2 is 1.90 bits per heavy atom. The van der Waals surface area contributed by atoms with E-state index in [1.54, 1.807) is 0 Å². The highest BCUT2D eigenvalue weighted by Gasteiger charge is 1.93. The zero-order valence-corrected chi connectivity index (χ0v) is 6.05. The van der Waals surface area contributed by atoms with Gasteiger partial charge in [-0.05, 0) is 5.56 Å². The predicted molar refractivity (Wildman–Crippen MR) is 42.9 cm³/mol. The van der Waals surface area contributed by atoms with Crippen LogP contribution in [0.4, 0.5) is 0 Å². The summed E-state index contributed by atoms with van der Waals surface area (Å²) >= 11 is 5.60. The van der Waals surface area contributed by atoms with Crippen molar-refractivity contribution in [1.82, 2.24) is 0 Å². The van der Waals surface area contributed by atoms with Crippen LogP contribution in [0.3, 0.4) is 0 Å². The normalized spacial score (nSPS) is 11.5. The average molecular weight is 155 g/mol. The SMILES string of the molecule is O/C=C(/Cl)c1ccccc1. The van der Waals surface area contributed by atoms with Gasteiger partial charge in [0.05, 0.1) is 11.3 Å².